The largest absolute Gasteiger partial charge is 0.504 e. The van der Waals surface area contributed by atoms with Crippen molar-refractivity contribution in [2.24, 2.45) is 5.10 Å². The van der Waals surface area contributed by atoms with Gasteiger partial charge in [-0.2, -0.15) is 5.10 Å². The van der Waals surface area contributed by atoms with Gasteiger partial charge in [0.05, 0.1) is 13.3 Å². The Morgan fingerprint density at radius 1 is 1.03 bits per heavy atom. The second-order valence-corrected chi connectivity index (χ2v) is 6.60. The van der Waals surface area contributed by atoms with E-state index in [1.807, 2.05) is 42.5 Å². The number of aromatic hydroxyl groups is 1. The quantitative estimate of drug-likeness (QED) is 0.502. The third-order valence-corrected chi connectivity index (χ3v) is 4.61. The Morgan fingerprint density at radius 2 is 1.73 bits per heavy atom. The first-order valence-electron chi connectivity index (χ1n) is 9.33. The number of phenols is 1. The summed E-state index contributed by atoms with van der Waals surface area (Å²) in [5, 5.41) is 13.7. The minimum Gasteiger partial charge on any atom is -0.504 e. The number of fused-ring (bicyclic) bond motifs is 1. The maximum Gasteiger partial charge on any atom is 0.285 e. The average Bonchev–Trinajstić information content (AvgIpc) is 2.79. The molecule has 2 atom stereocenters. The van der Waals surface area contributed by atoms with E-state index in [1.165, 1.54) is 19.4 Å². The highest BCUT2D eigenvalue weighted by Crippen LogP contribution is 2.39. The molecule has 0 aliphatic carbocycles. The Hall–Kier alpha value is -4.00. The van der Waals surface area contributed by atoms with E-state index >= 15 is 0 Å². The van der Waals surface area contributed by atoms with Crippen molar-refractivity contribution in [3.05, 3.63) is 83.9 Å². The van der Waals surface area contributed by atoms with Gasteiger partial charge in [-0.3, -0.25) is 4.79 Å². The lowest BCUT2D eigenvalue weighted by Gasteiger charge is -2.32. The summed E-state index contributed by atoms with van der Waals surface area (Å²) in [6.07, 6.45) is -0.0893. The predicted molar refractivity (Wildman–Crippen MR) is 111 cm³/mol. The van der Waals surface area contributed by atoms with Crippen LogP contribution in [0.3, 0.4) is 0 Å². The summed E-state index contributed by atoms with van der Waals surface area (Å²) in [5.41, 5.74) is 3.97. The van der Waals surface area contributed by atoms with E-state index in [2.05, 4.69) is 10.5 Å². The highest BCUT2D eigenvalue weighted by atomic mass is 16.6. The summed E-state index contributed by atoms with van der Waals surface area (Å²) in [5.74, 6) is 0.971. The molecule has 0 spiro atoms. The number of nitrogens with zero attached hydrogens (tertiary/aromatic N) is 1. The molecular weight excluding hydrogens is 384 g/mol. The molecule has 7 nitrogen and oxygen atoms in total. The number of phenolic OH excluding ortho intramolecular Hbond substituents is 1. The number of hydrogen-bond donors (Lipinski definition) is 2. The first kappa shape index (κ1) is 19.3. The lowest BCUT2D eigenvalue weighted by Crippen LogP contribution is -2.44. The van der Waals surface area contributed by atoms with E-state index in [0.29, 0.717) is 22.8 Å². The van der Waals surface area contributed by atoms with Gasteiger partial charge >= 0.3 is 0 Å². The highest BCUT2D eigenvalue weighted by Gasteiger charge is 2.38. The van der Waals surface area contributed by atoms with E-state index < -0.39 is 18.1 Å². The minimum atomic E-state index is -0.922. The predicted octanol–water partition coefficient (Wildman–Crippen LogP) is 3.43. The molecule has 0 bridgehead atoms. The van der Waals surface area contributed by atoms with Gasteiger partial charge in [-0.1, -0.05) is 42.5 Å². The van der Waals surface area contributed by atoms with Gasteiger partial charge in [0.15, 0.2) is 29.1 Å². The number of methoxy groups -OCH3 is 1. The monoisotopic (exact) mass is 404 g/mol. The van der Waals surface area contributed by atoms with Crippen molar-refractivity contribution in [2.75, 3.05) is 7.11 Å². The van der Waals surface area contributed by atoms with Crippen LogP contribution in [-0.4, -0.2) is 30.4 Å². The Labute approximate surface area is 173 Å². The van der Waals surface area contributed by atoms with Crippen LogP contribution in [0, 0.1) is 0 Å². The SMILES string of the molecule is COc1cc(/C=N/NC(=O)C2Oc3ccccc3OC2c2ccccc2)ccc1O. The topological polar surface area (TPSA) is 89.4 Å². The van der Waals surface area contributed by atoms with Crippen LogP contribution in [0.1, 0.15) is 17.2 Å². The van der Waals surface area contributed by atoms with Crippen molar-refractivity contribution in [3.8, 4) is 23.0 Å². The first-order chi connectivity index (χ1) is 14.7. The van der Waals surface area contributed by atoms with Crippen molar-refractivity contribution in [2.45, 2.75) is 12.2 Å². The second kappa shape index (κ2) is 8.57. The number of ether oxygens (including phenoxy) is 3. The summed E-state index contributed by atoms with van der Waals surface area (Å²) < 4.78 is 17.1. The number of carbonyl (C=O) groups is 1. The van der Waals surface area contributed by atoms with Crippen LogP contribution in [0.2, 0.25) is 0 Å². The molecule has 0 saturated heterocycles. The molecule has 0 radical (unpaired) electrons. The smallest absolute Gasteiger partial charge is 0.285 e. The Bertz CT molecular complexity index is 1070. The van der Waals surface area contributed by atoms with Gasteiger partial charge in [-0.25, -0.2) is 5.43 Å². The number of benzene rings is 3. The Morgan fingerprint density at radius 3 is 2.47 bits per heavy atom. The van der Waals surface area contributed by atoms with Crippen molar-refractivity contribution < 1.29 is 24.1 Å². The number of amides is 1. The van der Waals surface area contributed by atoms with Gasteiger partial charge in [0, 0.05) is 0 Å². The van der Waals surface area contributed by atoms with Gasteiger partial charge in [0.2, 0.25) is 6.10 Å². The average molecular weight is 404 g/mol. The lowest BCUT2D eigenvalue weighted by molar-refractivity contribution is -0.134. The number of hydrazone groups is 1. The summed E-state index contributed by atoms with van der Waals surface area (Å²) in [6, 6.07) is 21.4. The highest BCUT2D eigenvalue weighted by molar-refractivity contribution is 5.86. The maximum absolute atomic E-state index is 12.9. The van der Waals surface area contributed by atoms with Crippen molar-refractivity contribution in [1.82, 2.24) is 5.43 Å². The second-order valence-electron chi connectivity index (χ2n) is 6.60. The molecule has 3 aromatic rings. The molecule has 2 N–H and O–H groups in total. The molecule has 7 heteroatoms. The van der Waals surface area contributed by atoms with Crippen LogP contribution in [0.15, 0.2) is 77.9 Å². The molecule has 1 aliphatic heterocycles. The van der Waals surface area contributed by atoms with E-state index in [4.69, 9.17) is 14.2 Å². The molecule has 4 rings (SSSR count). The van der Waals surface area contributed by atoms with Crippen LogP contribution in [0.25, 0.3) is 0 Å². The lowest BCUT2D eigenvalue weighted by atomic mass is 10.0. The molecule has 3 aromatic carbocycles. The molecule has 1 amide bonds. The molecule has 1 aliphatic rings. The maximum atomic E-state index is 12.9. The van der Waals surface area contributed by atoms with E-state index in [9.17, 15) is 9.90 Å². The number of carbonyl (C=O) groups excluding carboxylic acids is 1. The van der Waals surface area contributed by atoms with Crippen LogP contribution >= 0.6 is 0 Å². The fourth-order valence-corrected chi connectivity index (χ4v) is 3.13. The zero-order valence-electron chi connectivity index (χ0n) is 16.2. The molecule has 30 heavy (non-hydrogen) atoms. The third kappa shape index (κ3) is 4.05. The van der Waals surface area contributed by atoms with Gasteiger partial charge in [-0.15, -0.1) is 0 Å². The Kier molecular flexibility index (Phi) is 5.52. The molecular formula is C23H20N2O5. The molecule has 0 saturated carbocycles. The first-order valence-corrected chi connectivity index (χ1v) is 9.33. The Balaban J connectivity index is 1.53. The van der Waals surface area contributed by atoms with E-state index in [1.54, 1.807) is 24.3 Å². The van der Waals surface area contributed by atoms with Crippen LogP contribution < -0.4 is 19.6 Å². The molecule has 0 fully saturated rings. The number of hydrogen-bond acceptors (Lipinski definition) is 6. The zero-order chi connectivity index (χ0) is 20.9. The fraction of sp³-hybridized carbons (Fsp3) is 0.130. The zero-order valence-corrected chi connectivity index (χ0v) is 16.2. The van der Waals surface area contributed by atoms with Crippen molar-refractivity contribution >= 4 is 12.1 Å². The molecule has 152 valence electrons. The molecule has 0 aromatic heterocycles. The van der Waals surface area contributed by atoms with E-state index in [0.717, 1.165) is 5.56 Å². The number of para-hydroxylation sites is 2. The molecule has 2 unspecified atom stereocenters. The van der Waals surface area contributed by atoms with Gasteiger partial charge < -0.3 is 19.3 Å². The minimum absolute atomic E-state index is 0.0239. The fourth-order valence-electron chi connectivity index (χ4n) is 3.13. The van der Waals surface area contributed by atoms with Crippen LogP contribution in [0.5, 0.6) is 23.0 Å². The van der Waals surface area contributed by atoms with Crippen LogP contribution in [0.4, 0.5) is 0 Å². The van der Waals surface area contributed by atoms with Crippen molar-refractivity contribution in [1.29, 1.82) is 0 Å². The van der Waals surface area contributed by atoms with Crippen LogP contribution in [-0.2, 0) is 4.79 Å². The van der Waals surface area contributed by atoms with Gasteiger partial charge in [-0.05, 0) is 41.5 Å². The number of nitrogens with one attached hydrogen (secondary N) is 1. The standard InChI is InChI=1S/C23H20N2O5/c1-28-20-13-15(11-12-17(20)26)14-24-25-23(27)22-21(16-7-3-2-4-8-16)29-18-9-5-6-10-19(18)30-22/h2-14,21-22,26H,1H3,(H,25,27)/b24-14+. The van der Waals surface area contributed by atoms with E-state index in [-0.39, 0.29) is 5.75 Å². The van der Waals surface area contributed by atoms with Gasteiger partial charge in [0.1, 0.15) is 0 Å². The molecule has 1 heterocycles. The number of rotatable bonds is 5. The summed E-state index contributed by atoms with van der Waals surface area (Å²) in [6.45, 7) is 0. The summed E-state index contributed by atoms with van der Waals surface area (Å²) in [4.78, 5) is 12.9. The van der Waals surface area contributed by atoms with Crippen molar-refractivity contribution in [3.63, 3.8) is 0 Å². The summed E-state index contributed by atoms with van der Waals surface area (Å²) in [7, 11) is 1.46. The summed E-state index contributed by atoms with van der Waals surface area (Å²) >= 11 is 0. The normalized spacial score (nSPS) is 17.5. The van der Waals surface area contributed by atoms with Gasteiger partial charge in [0.25, 0.3) is 5.91 Å². The third-order valence-electron chi connectivity index (χ3n) is 4.61.